The van der Waals surface area contributed by atoms with Crippen LogP contribution in [0.25, 0.3) is 0 Å². The van der Waals surface area contributed by atoms with Crippen molar-refractivity contribution in [1.29, 1.82) is 0 Å². The lowest BCUT2D eigenvalue weighted by Gasteiger charge is -2.13. The predicted octanol–water partition coefficient (Wildman–Crippen LogP) is 1.77. The first kappa shape index (κ1) is 14.7. The molecule has 1 unspecified atom stereocenters. The molecule has 0 radical (unpaired) electrons. The van der Waals surface area contributed by atoms with E-state index in [0.29, 0.717) is 0 Å². The molecular formula is C14H17NO4S. The molecule has 1 amide bonds. The number of hydrogen-bond acceptors (Lipinski definition) is 4. The molecule has 1 aliphatic carbocycles. The highest BCUT2D eigenvalue weighted by Crippen LogP contribution is 2.32. The number of ether oxygens (including phenoxy) is 1. The van der Waals surface area contributed by atoms with Gasteiger partial charge in [0.25, 0.3) is 0 Å². The number of carboxylic acid groups (broad SMARTS) is 1. The second kappa shape index (κ2) is 6.65. The summed E-state index contributed by atoms with van der Waals surface area (Å²) < 4.78 is 5.05. The number of rotatable bonds is 7. The number of amides is 1. The zero-order valence-electron chi connectivity index (χ0n) is 11.2. The topological polar surface area (TPSA) is 75.6 Å². The van der Waals surface area contributed by atoms with Gasteiger partial charge < -0.3 is 15.2 Å². The summed E-state index contributed by atoms with van der Waals surface area (Å²) in [4.78, 5) is 23.7. The van der Waals surface area contributed by atoms with Gasteiger partial charge in [-0.2, -0.15) is 0 Å². The fourth-order valence-electron chi connectivity index (χ4n) is 1.85. The Balaban J connectivity index is 1.80. The summed E-state index contributed by atoms with van der Waals surface area (Å²) in [5, 5.41) is 11.6. The molecule has 108 valence electrons. The summed E-state index contributed by atoms with van der Waals surface area (Å²) in [6.07, 6.45) is 1.76. The van der Waals surface area contributed by atoms with Crippen molar-refractivity contribution in [3.05, 3.63) is 24.3 Å². The van der Waals surface area contributed by atoms with E-state index in [1.165, 1.54) is 11.8 Å². The van der Waals surface area contributed by atoms with Crippen LogP contribution in [0.4, 0.5) is 0 Å². The molecule has 5 nitrogen and oxygen atoms in total. The fourth-order valence-corrected chi connectivity index (χ4v) is 2.56. The molecular weight excluding hydrogens is 278 g/mol. The molecule has 0 saturated heterocycles. The monoisotopic (exact) mass is 295 g/mol. The van der Waals surface area contributed by atoms with Gasteiger partial charge in [-0.3, -0.25) is 4.79 Å². The third kappa shape index (κ3) is 4.16. The van der Waals surface area contributed by atoms with E-state index in [1.807, 2.05) is 24.3 Å². The Kier molecular flexibility index (Phi) is 4.89. The van der Waals surface area contributed by atoms with Crippen LogP contribution in [0.3, 0.4) is 0 Å². The van der Waals surface area contributed by atoms with Crippen LogP contribution in [0, 0.1) is 5.92 Å². The second-order valence-corrected chi connectivity index (χ2v) is 5.73. The number of carbonyl (C=O) groups excluding carboxylic acids is 1. The fraction of sp³-hybridized carbons (Fsp3) is 0.429. The van der Waals surface area contributed by atoms with Crippen molar-refractivity contribution >= 4 is 23.6 Å². The smallest absolute Gasteiger partial charge is 0.326 e. The zero-order chi connectivity index (χ0) is 14.5. The Morgan fingerprint density at radius 1 is 1.40 bits per heavy atom. The molecule has 1 fully saturated rings. The number of hydrogen-bond donors (Lipinski definition) is 2. The number of methoxy groups -OCH3 is 1. The van der Waals surface area contributed by atoms with Crippen molar-refractivity contribution in [2.45, 2.75) is 23.8 Å². The van der Waals surface area contributed by atoms with Crippen molar-refractivity contribution in [2.75, 3.05) is 12.9 Å². The molecule has 2 rings (SSSR count). The van der Waals surface area contributed by atoms with Crippen LogP contribution in [0.5, 0.6) is 5.75 Å². The van der Waals surface area contributed by atoms with Crippen LogP contribution < -0.4 is 10.1 Å². The Morgan fingerprint density at radius 3 is 2.55 bits per heavy atom. The van der Waals surface area contributed by atoms with Crippen LogP contribution in [0.2, 0.25) is 0 Å². The molecule has 1 atom stereocenters. The summed E-state index contributed by atoms with van der Waals surface area (Å²) >= 11 is 1.37. The minimum atomic E-state index is -0.949. The van der Waals surface area contributed by atoms with Crippen molar-refractivity contribution in [2.24, 2.45) is 5.92 Å². The largest absolute Gasteiger partial charge is 0.497 e. The van der Waals surface area contributed by atoms with Crippen molar-refractivity contribution in [3.63, 3.8) is 0 Å². The van der Waals surface area contributed by atoms with Gasteiger partial charge in [-0.05, 0) is 43.0 Å². The molecule has 2 N–H and O–H groups in total. The molecule has 6 heteroatoms. The van der Waals surface area contributed by atoms with Gasteiger partial charge >= 0.3 is 5.97 Å². The SMILES string of the molecule is COc1ccc(SCC(=O)NC(C(=O)O)C2CC2)cc1. The lowest BCUT2D eigenvalue weighted by molar-refractivity contribution is -0.142. The van der Waals surface area contributed by atoms with Gasteiger partial charge in [0, 0.05) is 4.90 Å². The lowest BCUT2D eigenvalue weighted by Crippen LogP contribution is -2.43. The maximum absolute atomic E-state index is 11.8. The van der Waals surface area contributed by atoms with E-state index >= 15 is 0 Å². The maximum atomic E-state index is 11.8. The average molecular weight is 295 g/mol. The summed E-state index contributed by atoms with van der Waals surface area (Å²) in [5.74, 6) is -0.121. The third-order valence-electron chi connectivity index (χ3n) is 3.11. The van der Waals surface area contributed by atoms with Crippen LogP contribution in [-0.4, -0.2) is 35.9 Å². The Labute approximate surface area is 121 Å². The predicted molar refractivity (Wildman–Crippen MR) is 76.0 cm³/mol. The van der Waals surface area contributed by atoms with Gasteiger partial charge in [-0.15, -0.1) is 11.8 Å². The van der Waals surface area contributed by atoms with E-state index in [4.69, 9.17) is 9.84 Å². The molecule has 1 aromatic rings. The summed E-state index contributed by atoms with van der Waals surface area (Å²) in [5.41, 5.74) is 0. The van der Waals surface area contributed by atoms with Gasteiger partial charge in [0.05, 0.1) is 12.9 Å². The number of nitrogens with one attached hydrogen (secondary N) is 1. The maximum Gasteiger partial charge on any atom is 0.326 e. The Bertz CT molecular complexity index is 484. The van der Waals surface area contributed by atoms with Gasteiger partial charge in [-0.25, -0.2) is 4.79 Å². The molecule has 1 saturated carbocycles. The minimum absolute atomic E-state index is 0.0995. The van der Waals surface area contributed by atoms with Crippen molar-refractivity contribution in [1.82, 2.24) is 5.32 Å². The highest BCUT2D eigenvalue weighted by Gasteiger charge is 2.37. The Morgan fingerprint density at radius 2 is 2.05 bits per heavy atom. The van der Waals surface area contributed by atoms with E-state index in [-0.39, 0.29) is 17.6 Å². The van der Waals surface area contributed by atoms with E-state index in [1.54, 1.807) is 7.11 Å². The molecule has 0 bridgehead atoms. The van der Waals surface area contributed by atoms with Crippen LogP contribution >= 0.6 is 11.8 Å². The molecule has 1 aliphatic rings. The molecule has 0 aliphatic heterocycles. The second-order valence-electron chi connectivity index (χ2n) is 4.69. The summed E-state index contributed by atoms with van der Waals surface area (Å²) in [6, 6.07) is 6.65. The highest BCUT2D eigenvalue weighted by molar-refractivity contribution is 8.00. The first-order valence-electron chi connectivity index (χ1n) is 6.39. The molecule has 1 aromatic carbocycles. The first-order chi connectivity index (χ1) is 9.60. The standard InChI is InChI=1S/C14H17NO4S/c1-19-10-4-6-11(7-5-10)20-8-12(16)15-13(14(17)18)9-2-3-9/h4-7,9,13H,2-3,8H2,1H3,(H,15,16)(H,17,18). The van der Waals surface area contributed by atoms with E-state index in [9.17, 15) is 9.59 Å². The number of aliphatic carboxylic acids is 1. The van der Waals surface area contributed by atoms with E-state index in [2.05, 4.69) is 5.32 Å². The van der Waals surface area contributed by atoms with Gasteiger partial charge in [0.1, 0.15) is 11.8 Å². The quantitative estimate of drug-likeness (QED) is 0.750. The summed E-state index contributed by atoms with van der Waals surface area (Å²) in [7, 11) is 1.60. The normalized spacial score (nSPS) is 15.4. The van der Waals surface area contributed by atoms with Crippen molar-refractivity contribution in [3.8, 4) is 5.75 Å². The zero-order valence-corrected chi connectivity index (χ0v) is 12.0. The highest BCUT2D eigenvalue weighted by atomic mass is 32.2. The molecule has 20 heavy (non-hydrogen) atoms. The van der Waals surface area contributed by atoms with Crippen molar-refractivity contribution < 1.29 is 19.4 Å². The number of carbonyl (C=O) groups is 2. The number of benzene rings is 1. The lowest BCUT2D eigenvalue weighted by atomic mass is 10.2. The van der Waals surface area contributed by atoms with Gasteiger partial charge in [0.2, 0.25) is 5.91 Å². The van der Waals surface area contributed by atoms with Gasteiger partial charge in [-0.1, -0.05) is 0 Å². The number of carboxylic acids is 1. The molecule has 0 heterocycles. The van der Waals surface area contributed by atoms with Crippen LogP contribution in [0.15, 0.2) is 29.2 Å². The number of thioether (sulfide) groups is 1. The van der Waals surface area contributed by atoms with E-state index < -0.39 is 12.0 Å². The molecule has 0 aromatic heterocycles. The van der Waals surface area contributed by atoms with Crippen LogP contribution in [-0.2, 0) is 9.59 Å². The van der Waals surface area contributed by atoms with E-state index in [0.717, 1.165) is 23.5 Å². The van der Waals surface area contributed by atoms with Crippen LogP contribution in [0.1, 0.15) is 12.8 Å². The first-order valence-corrected chi connectivity index (χ1v) is 7.37. The third-order valence-corrected chi connectivity index (χ3v) is 4.12. The average Bonchev–Trinajstić information content (AvgIpc) is 3.27. The minimum Gasteiger partial charge on any atom is -0.497 e. The molecule has 0 spiro atoms. The van der Waals surface area contributed by atoms with Gasteiger partial charge in [0.15, 0.2) is 0 Å². The summed E-state index contributed by atoms with van der Waals surface area (Å²) in [6.45, 7) is 0. The Hall–Kier alpha value is -1.69.